The normalized spacial score (nSPS) is 11.3. The maximum absolute atomic E-state index is 5.38. The molecule has 0 amide bonds. The summed E-state index contributed by atoms with van der Waals surface area (Å²) >= 11 is 0. The number of nitrogens with zero attached hydrogens (tertiary/aromatic N) is 5. The van der Waals surface area contributed by atoms with Crippen LogP contribution in [0.4, 0.5) is 0 Å². The Morgan fingerprint density at radius 1 is 0.345 bits per heavy atom. The van der Waals surface area contributed by atoms with Gasteiger partial charge in [0.2, 0.25) is 0 Å². The lowest BCUT2D eigenvalue weighted by molar-refractivity contribution is 0.918. The van der Waals surface area contributed by atoms with Crippen LogP contribution in [0.5, 0.6) is 0 Å². The molecule has 0 atom stereocenters. The zero-order valence-corrected chi connectivity index (χ0v) is 29.8. The first-order valence-corrected chi connectivity index (χ1v) is 18.4. The molecule has 10 aromatic rings. The molecule has 258 valence electrons. The summed E-state index contributed by atoms with van der Waals surface area (Å²) in [6.45, 7) is 0. The first-order valence-electron chi connectivity index (χ1n) is 18.4. The van der Waals surface area contributed by atoms with Crippen molar-refractivity contribution < 1.29 is 0 Å². The van der Waals surface area contributed by atoms with Gasteiger partial charge in [0.15, 0.2) is 17.5 Å². The van der Waals surface area contributed by atoms with Crippen LogP contribution in [-0.2, 0) is 0 Å². The average Bonchev–Trinajstić information content (AvgIpc) is 3.68. The summed E-state index contributed by atoms with van der Waals surface area (Å²) in [5.41, 5.74) is 11.3. The molecule has 0 spiro atoms. The summed E-state index contributed by atoms with van der Waals surface area (Å²) in [5, 5.41) is 8.81. The molecule has 55 heavy (non-hydrogen) atoms. The van der Waals surface area contributed by atoms with E-state index in [1.165, 1.54) is 5.39 Å². The third kappa shape index (κ3) is 6.04. The molecule has 2 heterocycles. The standard InChI is InChI=1S/C50H33N5/c1-5-16-34(17-6-1)39-23-15-24-41(32-39)50-52-48(37-20-9-3-10-21-37)51-49(53-50)38-30-28-36(29-31-38)46-45-44(35-18-7-2-8-19-35)33-40-22-13-14-27-43(40)47(45)55(54-46)42-25-11-4-12-26-42/h1-33H. The first kappa shape index (κ1) is 32.2. The van der Waals surface area contributed by atoms with Gasteiger partial charge in [-0.25, -0.2) is 19.6 Å². The molecule has 0 aliphatic rings. The second kappa shape index (κ2) is 13.8. The molecule has 0 radical (unpaired) electrons. The third-order valence-corrected chi connectivity index (χ3v) is 10.1. The summed E-state index contributed by atoms with van der Waals surface area (Å²) in [4.78, 5) is 15.1. The zero-order valence-electron chi connectivity index (χ0n) is 29.8. The van der Waals surface area contributed by atoms with Gasteiger partial charge in [0.1, 0.15) is 5.69 Å². The summed E-state index contributed by atoms with van der Waals surface area (Å²) < 4.78 is 2.10. The average molecular weight is 704 g/mol. The Bertz CT molecular complexity index is 2940. The molecule has 0 saturated heterocycles. The molecule has 0 aliphatic heterocycles. The van der Waals surface area contributed by atoms with Crippen LogP contribution in [0, 0.1) is 0 Å². The zero-order chi connectivity index (χ0) is 36.6. The lowest BCUT2D eigenvalue weighted by Gasteiger charge is -2.11. The third-order valence-electron chi connectivity index (χ3n) is 10.1. The Labute approximate surface area is 318 Å². The van der Waals surface area contributed by atoms with Gasteiger partial charge in [-0.05, 0) is 51.9 Å². The van der Waals surface area contributed by atoms with E-state index in [4.69, 9.17) is 20.1 Å². The molecule has 0 bridgehead atoms. The Balaban J connectivity index is 1.14. The fourth-order valence-corrected chi connectivity index (χ4v) is 7.39. The van der Waals surface area contributed by atoms with Crippen molar-refractivity contribution in [2.45, 2.75) is 0 Å². The van der Waals surface area contributed by atoms with E-state index in [1.807, 2.05) is 42.5 Å². The fourth-order valence-electron chi connectivity index (χ4n) is 7.39. The Hall–Kier alpha value is -7.50. The highest BCUT2D eigenvalue weighted by Crippen LogP contribution is 2.42. The number of benzene rings is 8. The predicted molar refractivity (Wildman–Crippen MR) is 225 cm³/mol. The van der Waals surface area contributed by atoms with E-state index in [9.17, 15) is 0 Å². The largest absolute Gasteiger partial charge is 0.232 e. The maximum Gasteiger partial charge on any atom is 0.164 e. The van der Waals surface area contributed by atoms with Crippen LogP contribution in [0.25, 0.3) is 95.0 Å². The van der Waals surface area contributed by atoms with Crippen molar-refractivity contribution in [3.05, 3.63) is 200 Å². The minimum absolute atomic E-state index is 0.608. The van der Waals surface area contributed by atoms with Crippen molar-refractivity contribution in [1.82, 2.24) is 24.7 Å². The molecule has 0 aliphatic carbocycles. The molecule has 0 N–H and O–H groups in total. The van der Waals surface area contributed by atoms with Gasteiger partial charge in [0.05, 0.1) is 11.2 Å². The first-order chi connectivity index (χ1) is 27.3. The number of para-hydroxylation sites is 1. The van der Waals surface area contributed by atoms with Crippen LogP contribution in [0.15, 0.2) is 200 Å². The van der Waals surface area contributed by atoms with Crippen LogP contribution in [0.2, 0.25) is 0 Å². The molecule has 0 fully saturated rings. The van der Waals surface area contributed by atoms with E-state index in [2.05, 4.69) is 162 Å². The van der Waals surface area contributed by atoms with Gasteiger partial charge in [0, 0.05) is 33.0 Å². The van der Waals surface area contributed by atoms with Crippen molar-refractivity contribution in [2.24, 2.45) is 0 Å². The van der Waals surface area contributed by atoms with Crippen LogP contribution in [-0.4, -0.2) is 24.7 Å². The van der Waals surface area contributed by atoms with Gasteiger partial charge < -0.3 is 0 Å². The monoisotopic (exact) mass is 703 g/mol. The molecule has 0 unspecified atom stereocenters. The van der Waals surface area contributed by atoms with E-state index in [0.717, 1.165) is 72.2 Å². The minimum Gasteiger partial charge on any atom is -0.232 e. The number of hydrogen-bond donors (Lipinski definition) is 0. The fraction of sp³-hybridized carbons (Fsp3) is 0. The highest BCUT2D eigenvalue weighted by molar-refractivity contribution is 6.17. The lowest BCUT2D eigenvalue weighted by atomic mass is 9.93. The molecular formula is C50H33N5. The summed E-state index contributed by atoms with van der Waals surface area (Å²) in [6, 6.07) is 69.2. The summed E-state index contributed by atoms with van der Waals surface area (Å²) in [6.07, 6.45) is 0. The van der Waals surface area contributed by atoms with Crippen molar-refractivity contribution >= 4 is 21.7 Å². The summed E-state index contributed by atoms with van der Waals surface area (Å²) in [7, 11) is 0. The van der Waals surface area contributed by atoms with Crippen molar-refractivity contribution in [3.8, 4) is 73.4 Å². The van der Waals surface area contributed by atoms with Crippen molar-refractivity contribution in [3.63, 3.8) is 0 Å². The van der Waals surface area contributed by atoms with Crippen molar-refractivity contribution in [1.29, 1.82) is 0 Å². The topological polar surface area (TPSA) is 56.5 Å². The second-order valence-corrected chi connectivity index (χ2v) is 13.5. The molecule has 5 heteroatoms. The number of hydrogen-bond acceptors (Lipinski definition) is 4. The van der Waals surface area contributed by atoms with Gasteiger partial charge >= 0.3 is 0 Å². The second-order valence-electron chi connectivity index (χ2n) is 13.5. The van der Waals surface area contributed by atoms with E-state index < -0.39 is 0 Å². The van der Waals surface area contributed by atoms with E-state index >= 15 is 0 Å². The highest BCUT2D eigenvalue weighted by Gasteiger charge is 2.21. The van der Waals surface area contributed by atoms with E-state index in [1.54, 1.807) is 0 Å². The quantitative estimate of drug-likeness (QED) is 0.166. The van der Waals surface area contributed by atoms with Gasteiger partial charge in [-0.2, -0.15) is 5.10 Å². The lowest BCUT2D eigenvalue weighted by Crippen LogP contribution is -2.00. The number of rotatable bonds is 7. The van der Waals surface area contributed by atoms with Gasteiger partial charge in [-0.1, -0.05) is 176 Å². The van der Waals surface area contributed by atoms with Crippen LogP contribution in [0.1, 0.15) is 0 Å². The Morgan fingerprint density at radius 3 is 1.51 bits per heavy atom. The van der Waals surface area contributed by atoms with E-state index in [-0.39, 0.29) is 0 Å². The highest BCUT2D eigenvalue weighted by atomic mass is 15.3. The Morgan fingerprint density at radius 2 is 0.836 bits per heavy atom. The molecule has 5 nitrogen and oxygen atoms in total. The summed E-state index contributed by atoms with van der Waals surface area (Å²) in [5.74, 6) is 1.86. The van der Waals surface area contributed by atoms with Gasteiger partial charge in [0.25, 0.3) is 0 Å². The minimum atomic E-state index is 0.608. The molecule has 10 rings (SSSR count). The van der Waals surface area contributed by atoms with Crippen LogP contribution >= 0.6 is 0 Å². The molecule has 8 aromatic carbocycles. The van der Waals surface area contributed by atoms with Gasteiger partial charge in [-0.3, -0.25) is 0 Å². The predicted octanol–water partition coefficient (Wildman–Crippen LogP) is 12.4. The molecule has 2 aromatic heterocycles. The smallest absolute Gasteiger partial charge is 0.164 e. The van der Waals surface area contributed by atoms with Crippen LogP contribution < -0.4 is 0 Å². The Kier molecular flexibility index (Phi) is 8.08. The number of fused-ring (bicyclic) bond motifs is 3. The van der Waals surface area contributed by atoms with Crippen LogP contribution in [0.3, 0.4) is 0 Å². The SMILES string of the molecule is c1ccc(-c2cccc(-c3nc(-c4ccccc4)nc(-c4ccc(-c5nn(-c6ccccc6)c6c5c(-c5ccccc5)cc5ccccc56)cc4)n3)c2)cc1. The molecule has 0 saturated carbocycles. The van der Waals surface area contributed by atoms with Gasteiger partial charge in [-0.15, -0.1) is 0 Å². The maximum atomic E-state index is 5.38. The number of aromatic nitrogens is 5. The molecular weight excluding hydrogens is 671 g/mol. The van der Waals surface area contributed by atoms with Crippen molar-refractivity contribution in [2.75, 3.05) is 0 Å². The van der Waals surface area contributed by atoms with E-state index in [0.29, 0.717) is 17.5 Å².